The predicted octanol–water partition coefficient (Wildman–Crippen LogP) is 2.17. The molecule has 6 nitrogen and oxygen atoms in total. The Bertz CT molecular complexity index is 616. The molecule has 124 valence electrons. The third-order valence-electron chi connectivity index (χ3n) is 3.45. The Kier molecular flexibility index (Phi) is 6.18. The van der Waals surface area contributed by atoms with E-state index < -0.39 is 12.1 Å². The number of ether oxygens (including phenoxy) is 2. The number of nitrogens with zero attached hydrogens (tertiary/aromatic N) is 1. The number of aliphatic carboxylic acids is 1. The molecule has 1 fully saturated rings. The lowest BCUT2D eigenvalue weighted by Crippen LogP contribution is -2.45. The van der Waals surface area contributed by atoms with E-state index in [2.05, 4.69) is 15.9 Å². The number of amides is 1. The minimum Gasteiger partial charge on any atom is -0.496 e. The topological polar surface area (TPSA) is 76.1 Å². The van der Waals surface area contributed by atoms with Crippen molar-refractivity contribution in [3.8, 4) is 5.75 Å². The molecule has 7 heteroatoms. The van der Waals surface area contributed by atoms with Gasteiger partial charge in [0.2, 0.25) is 5.91 Å². The summed E-state index contributed by atoms with van der Waals surface area (Å²) in [6.45, 7) is 1.08. The summed E-state index contributed by atoms with van der Waals surface area (Å²) in [6, 6.07) is 5.53. The van der Waals surface area contributed by atoms with Gasteiger partial charge in [-0.2, -0.15) is 0 Å². The van der Waals surface area contributed by atoms with Crippen LogP contribution in [0.15, 0.2) is 28.7 Å². The van der Waals surface area contributed by atoms with Gasteiger partial charge in [-0.3, -0.25) is 9.59 Å². The highest BCUT2D eigenvalue weighted by Crippen LogP contribution is 2.24. The van der Waals surface area contributed by atoms with Gasteiger partial charge in [-0.05, 0) is 24.3 Å². The quantitative estimate of drug-likeness (QED) is 0.788. The number of benzene rings is 1. The number of methoxy groups -OCH3 is 1. The second kappa shape index (κ2) is 8.12. The first-order valence-corrected chi connectivity index (χ1v) is 7.93. The minimum atomic E-state index is -0.932. The van der Waals surface area contributed by atoms with Crippen LogP contribution >= 0.6 is 15.9 Å². The van der Waals surface area contributed by atoms with Crippen molar-refractivity contribution in [3.05, 3.63) is 34.3 Å². The van der Waals surface area contributed by atoms with E-state index in [9.17, 15) is 9.59 Å². The van der Waals surface area contributed by atoms with Crippen LogP contribution in [-0.2, 0) is 14.3 Å². The predicted molar refractivity (Wildman–Crippen MR) is 88.3 cm³/mol. The first kappa shape index (κ1) is 17.5. The molecule has 0 radical (unpaired) electrons. The maximum absolute atomic E-state index is 12.3. The smallest absolute Gasteiger partial charge is 0.306 e. The standard InChI is InChI=1S/C16H18BrNO5/c1-22-14-4-3-12(17)8-11(14)2-5-15(19)18-6-7-23-13(10-18)9-16(20)21/h2-5,8,13H,6-7,9-10H2,1H3,(H,20,21). The highest BCUT2D eigenvalue weighted by molar-refractivity contribution is 9.10. The van der Waals surface area contributed by atoms with Gasteiger partial charge in [0.05, 0.1) is 26.2 Å². The van der Waals surface area contributed by atoms with E-state index in [4.69, 9.17) is 14.6 Å². The zero-order chi connectivity index (χ0) is 16.8. The largest absolute Gasteiger partial charge is 0.496 e. The summed E-state index contributed by atoms with van der Waals surface area (Å²) in [7, 11) is 1.57. The summed E-state index contributed by atoms with van der Waals surface area (Å²) in [5.41, 5.74) is 0.783. The zero-order valence-electron chi connectivity index (χ0n) is 12.7. The Balaban J connectivity index is 2.03. The fourth-order valence-corrected chi connectivity index (χ4v) is 2.72. The Morgan fingerprint density at radius 2 is 2.30 bits per heavy atom. The maximum Gasteiger partial charge on any atom is 0.306 e. The fraction of sp³-hybridized carbons (Fsp3) is 0.375. The fourth-order valence-electron chi connectivity index (χ4n) is 2.34. The molecule has 0 bridgehead atoms. The number of carbonyl (C=O) groups is 2. The van der Waals surface area contributed by atoms with E-state index in [0.717, 1.165) is 10.0 Å². The molecule has 1 aromatic carbocycles. The van der Waals surface area contributed by atoms with Gasteiger partial charge in [0.1, 0.15) is 5.75 Å². The Hall–Kier alpha value is -1.86. The van der Waals surface area contributed by atoms with E-state index in [-0.39, 0.29) is 18.9 Å². The highest BCUT2D eigenvalue weighted by Gasteiger charge is 2.24. The van der Waals surface area contributed by atoms with Crippen molar-refractivity contribution in [1.82, 2.24) is 4.90 Å². The molecule has 2 rings (SSSR count). The molecule has 23 heavy (non-hydrogen) atoms. The molecule has 1 aliphatic heterocycles. The van der Waals surface area contributed by atoms with E-state index in [1.54, 1.807) is 18.1 Å². The lowest BCUT2D eigenvalue weighted by molar-refractivity contribution is -0.145. The molecule has 0 aromatic heterocycles. The van der Waals surface area contributed by atoms with Gasteiger partial charge < -0.3 is 19.5 Å². The number of rotatable bonds is 5. The molecule has 1 aromatic rings. The van der Waals surface area contributed by atoms with E-state index in [0.29, 0.717) is 18.9 Å². The average Bonchev–Trinajstić information content (AvgIpc) is 2.52. The molecule has 1 aliphatic rings. The third kappa shape index (κ3) is 5.07. The van der Waals surface area contributed by atoms with E-state index in [1.165, 1.54) is 6.08 Å². The molecule has 1 saturated heterocycles. The van der Waals surface area contributed by atoms with Crippen LogP contribution < -0.4 is 4.74 Å². The van der Waals surface area contributed by atoms with Crippen molar-refractivity contribution in [2.75, 3.05) is 26.8 Å². The van der Waals surface area contributed by atoms with Crippen LogP contribution in [0.3, 0.4) is 0 Å². The zero-order valence-corrected chi connectivity index (χ0v) is 14.3. The van der Waals surface area contributed by atoms with Gasteiger partial charge in [-0.25, -0.2) is 0 Å². The van der Waals surface area contributed by atoms with Crippen LogP contribution in [-0.4, -0.2) is 54.8 Å². The summed E-state index contributed by atoms with van der Waals surface area (Å²) < 4.78 is 11.5. The van der Waals surface area contributed by atoms with Crippen molar-refractivity contribution < 1.29 is 24.2 Å². The summed E-state index contributed by atoms with van der Waals surface area (Å²) in [6.07, 6.45) is 2.59. The second-order valence-electron chi connectivity index (χ2n) is 5.09. The highest BCUT2D eigenvalue weighted by atomic mass is 79.9. The minimum absolute atomic E-state index is 0.104. The second-order valence-corrected chi connectivity index (χ2v) is 6.01. The van der Waals surface area contributed by atoms with Gasteiger partial charge in [0.25, 0.3) is 0 Å². The molecule has 1 unspecified atom stereocenters. The van der Waals surface area contributed by atoms with Crippen LogP contribution in [0.2, 0.25) is 0 Å². The molecule has 0 saturated carbocycles. The van der Waals surface area contributed by atoms with Crippen LogP contribution in [0.5, 0.6) is 5.75 Å². The average molecular weight is 384 g/mol. The monoisotopic (exact) mass is 383 g/mol. The number of hydrogen-bond acceptors (Lipinski definition) is 4. The molecule has 1 N–H and O–H groups in total. The van der Waals surface area contributed by atoms with Crippen molar-refractivity contribution in [2.45, 2.75) is 12.5 Å². The van der Waals surface area contributed by atoms with Gasteiger partial charge in [0.15, 0.2) is 0 Å². The van der Waals surface area contributed by atoms with Crippen molar-refractivity contribution in [2.24, 2.45) is 0 Å². The molecular formula is C16H18BrNO5. The van der Waals surface area contributed by atoms with Gasteiger partial charge in [-0.1, -0.05) is 15.9 Å². The Morgan fingerprint density at radius 3 is 3.00 bits per heavy atom. The lowest BCUT2D eigenvalue weighted by atomic mass is 10.1. The molecule has 1 heterocycles. The van der Waals surface area contributed by atoms with Crippen LogP contribution in [0.1, 0.15) is 12.0 Å². The Labute approximate surface area is 142 Å². The Morgan fingerprint density at radius 1 is 1.52 bits per heavy atom. The number of carboxylic acids is 1. The molecule has 0 spiro atoms. The number of halogens is 1. The summed E-state index contributed by atoms with van der Waals surface area (Å²) >= 11 is 3.38. The van der Waals surface area contributed by atoms with Crippen molar-refractivity contribution >= 4 is 33.9 Å². The van der Waals surface area contributed by atoms with Crippen LogP contribution in [0, 0.1) is 0 Å². The SMILES string of the molecule is COc1ccc(Br)cc1C=CC(=O)N1CCOC(CC(=O)O)C1. The number of carbonyl (C=O) groups excluding carboxylic acids is 1. The molecule has 1 atom stereocenters. The third-order valence-corrected chi connectivity index (χ3v) is 3.94. The molecule has 0 aliphatic carbocycles. The normalized spacial score (nSPS) is 18.2. The summed E-state index contributed by atoms with van der Waals surface area (Å²) in [5, 5.41) is 8.81. The van der Waals surface area contributed by atoms with Gasteiger partial charge in [0, 0.05) is 29.2 Å². The van der Waals surface area contributed by atoms with Gasteiger partial charge >= 0.3 is 5.97 Å². The summed E-state index contributed by atoms with van der Waals surface area (Å²) in [4.78, 5) is 24.6. The van der Waals surface area contributed by atoms with Crippen molar-refractivity contribution in [1.29, 1.82) is 0 Å². The summed E-state index contributed by atoms with van der Waals surface area (Å²) in [5.74, 6) is -0.438. The van der Waals surface area contributed by atoms with E-state index >= 15 is 0 Å². The first-order valence-electron chi connectivity index (χ1n) is 7.13. The number of hydrogen-bond donors (Lipinski definition) is 1. The van der Waals surface area contributed by atoms with Gasteiger partial charge in [-0.15, -0.1) is 0 Å². The number of morpholine rings is 1. The van der Waals surface area contributed by atoms with Crippen LogP contribution in [0.4, 0.5) is 0 Å². The maximum atomic E-state index is 12.3. The van der Waals surface area contributed by atoms with E-state index in [1.807, 2.05) is 18.2 Å². The molecule has 1 amide bonds. The first-order chi connectivity index (χ1) is 11.0. The van der Waals surface area contributed by atoms with Crippen LogP contribution in [0.25, 0.3) is 6.08 Å². The van der Waals surface area contributed by atoms with Crippen molar-refractivity contribution in [3.63, 3.8) is 0 Å². The number of carboxylic acid groups (broad SMARTS) is 1. The lowest BCUT2D eigenvalue weighted by Gasteiger charge is -2.31. The molecular weight excluding hydrogens is 366 g/mol.